The van der Waals surface area contributed by atoms with E-state index in [0.29, 0.717) is 23.7 Å². The second kappa shape index (κ2) is 12.3. The highest BCUT2D eigenvalue weighted by atomic mass is 32.2. The number of nitrogens with two attached hydrogens (primary N) is 1. The molecule has 1 unspecified atom stereocenters. The second-order valence-electron chi connectivity index (χ2n) is 4.04. The number of ether oxygens (including phenoxy) is 2. The Morgan fingerprint density at radius 3 is 2.09 bits per heavy atom. The predicted octanol–water partition coefficient (Wildman–Crippen LogP) is 3.19. The molecule has 1 aromatic rings. The second-order valence-corrected chi connectivity index (χ2v) is 6.23. The fourth-order valence-corrected chi connectivity index (χ4v) is 2.46. The first kappa shape index (κ1) is 23.0. The third-order valence-electron chi connectivity index (χ3n) is 2.40. The van der Waals surface area contributed by atoms with Crippen LogP contribution in [0.25, 0.3) is 0 Å². The minimum atomic E-state index is -3.11. The Morgan fingerprint density at radius 2 is 1.68 bits per heavy atom. The first-order valence-corrected chi connectivity index (χ1v) is 9.67. The number of hydrogen-bond donors (Lipinski definition) is 1. The molecule has 1 atom stereocenters. The van der Waals surface area contributed by atoms with Crippen LogP contribution in [0, 0.1) is 0 Å². The molecule has 0 aliphatic heterocycles. The van der Waals surface area contributed by atoms with Crippen LogP contribution in [0.2, 0.25) is 0 Å². The van der Waals surface area contributed by atoms with Gasteiger partial charge in [0.1, 0.15) is 9.84 Å². The normalized spacial score (nSPS) is 11.3. The van der Waals surface area contributed by atoms with Crippen molar-refractivity contribution in [2.75, 3.05) is 25.7 Å². The van der Waals surface area contributed by atoms with Gasteiger partial charge in [-0.3, -0.25) is 0 Å². The van der Waals surface area contributed by atoms with Crippen molar-refractivity contribution in [1.29, 1.82) is 0 Å². The Labute approximate surface area is 135 Å². The van der Waals surface area contributed by atoms with Gasteiger partial charge in [0.15, 0.2) is 11.5 Å². The molecule has 22 heavy (non-hydrogen) atoms. The molecule has 6 heteroatoms. The number of methoxy groups -OCH3 is 1. The Bertz CT molecular complexity index is 501. The maximum absolute atomic E-state index is 11.2. The molecular weight excluding hydrogens is 302 g/mol. The van der Waals surface area contributed by atoms with E-state index in [1.165, 1.54) is 6.26 Å². The molecule has 0 aromatic heterocycles. The summed E-state index contributed by atoms with van der Waals surface area (Å²) in [6.45, 7) is 10.4. The van der Waals surface area contributed by atoms with Gasteiger partial charge in [-0.2, -0.15) is 0 Å². The van der Waals surface area contributed by atoms with E-state index < -0.39 is 15.9 Å². The maximum Gasteiger partial charge on any atom is 0.161 e. The molecule has 0 aliphatic carbocycles. The van der Waals surface area contributed by atoms with E-state index in [9.17, 15) is 8.42 Å². The van der Waals surface area contributed by atoms with Gasteiger partial charge in [0.2, 0.25) is 0 Å². The number of benzene rings is 1. The van der Waals surface area contributed by atoms with Gasteiger partial charge in [0, 0.05) is 12.3 Å². The number of rotatable bonds is 6. The molecule has 0 fully saturated rings. The molecule has 0 amide bonds. The lowest BCUT2D eigenvalue weighted by Crippen LogP contribution is -2.20. The minimum absolute atomic E-state index is 0.0924. The summed E-state index contributed by atoms with van der Waals surface area (Å²) in [6, 6.07) is 4.63. The van der Waals surface area contributed by atoms with Crippen LogP contribution in [0.5, 0.6) is 11.5 Å². The molecule has 1 aromatic carbocycles. The van der Waals surface area contributed by atoms with Gasteiger partial charge in [0.05, 0.1) is 19.5 Å². The van der Waals surface area contributed by atoms with E-state index >= 15 is 0 Å². The quantitative estimate of drug-likeness (QED) is 0.865. The monoisotopic (exact) mass is 333 g/mol. The minimum Gasteiger partial charge on any atom is -0.493 e. The molecule has 1 rings (SSSR count). The summed E-state index contributed by atoms with van der Waals surface area (Å²) < 4.78 is 33.0. The molecule has 0 aliphatic rings. The standard InChI is InChI=1S/C12H19NO4S.2C2H6/c1-4-17-12-7-9(5-6-11(12)16-2)10(13)8-18(3,14)15;2*1-2/h5-7,10H,4,8,13H2,1-3H3;2*1-2H3. The maximum atomic E-state index is 11.2. The lowest BCUT2D eigenvalue weighted by atomic mass is 10.1. The smallest absolute Gasteiger partial charge is 0.161 e. The Hall–Kier alpha value is -1.27. The van der Waals surface area contributed by atoms with Crippen molar-refractivity contribution in [3.8, 4) is 11.5 Å². The van der Waals surface area contributed by atoms with Gasteiger partial charge >= 0.3 is 0 Å². The molecule has 0 saturated carbocycles. The topological polar surface area (TPSA) is 78.6 Å². The van der Waals surface area contributed by atoms with Gasteiger partial charge < -0.3 is 15.2 Å². The zero-order valence-corrected chi connectivity index (χ0v) is 15.7. The Kier molecular flexibility index (Phi) is 12.9. The summed E-state index contributed by atoms with van der Waals surface area (Å²) in [6.07, 6.45) is 1.17. The van der Waals surface area contributed by atoms with Crippen LogP contribution in [0.15, 0.2) is 18.2 Å². The van der Waals surface area contributed by atoms with Gasteiger partial charge in [-0.15, -0.1) is 0 Å². The summed E-state index contributed by atoms with van der Waals surface area (Å²) in [4.78, 5) is 0. The van der Waals surface area contributed by atoms with Crippen LogP contribution in [0.1, 0.15) is 46.2 Å². The van der Waals surface area contributed by atoms with Crippen LogP contribution >= 0.6 is 0 Å². The van der Waals surface area contributed by atoms with Crippen molar-refractivity contribution < 1.29 is 17.9 Å². The number of sulfone groups is 1. The summed E-state index contributed by atoms with van der Waals surface area (Å²) in [7, 11) is -1.56. The molecule has 130 valence electrons. The highest BCUT2D eigenvalue weighted by molar-refractivity contribution is 7.90. The average Bonchev–Trinajstić information content (AvgIpc) is 2.50. The van der Waals surface area contributed by atoms with Crippen molar-refractivity contribution >= 4 is 9.84 Å². The SMILES string of the molecule is CC.CC.CCOc1cc(C(N)CS(C)(=O)=O)ccc1OC. The van der Waals surface area contributed by atoms with Crippen molar-refractivity contribution in [3.05, 3.63) is 23.8 Å². The zero-order valence-electron chi connectivity index (χ0n) is 14.8. The van der Waals surface area contributed by atoms with E-state index in [1.54, 1.807) is 25.3 Å². The van der Waals surface area contributed by atoms with E-state index in [1.807, 2.05) is 34.6 Å². The van der Waals surface area contributed by atoms with Crippen LogP contribution in [0.4, 0.5) is 0 Å². The van der Waals surface area contributed by atoms with Crippen molar-refractivity contribution in [2.45, 2.75) is 40.7 Å². The van der Waals surface area contributed by atoms with Crippen molar-refractivity contribution in [2.24, 2.45) is 5.73 Å². The van der Waals surface area contributed by atoms with Crippen LogP contribution in [-0.2, 0) is 9.84 Å². The molecule has 0 heterocycles. The zero-order chi connectivity index (χ0) is 17.8. The summed E-state index contributed by atoms with van der Waals surface area (Å²) in [5, 5.41) is 0. The molecule has 0 spiro atoms. The number of hydrogen-bond acceptors (Lipinski definition) is 5. The lowest BCUT2D eigenvalue weighted by molar-refractivity contribution is 0.310. The van der Waals surface area contributed by atoms with Gasteiger partial charge in [-0.25, -0.2) is 8.42 Å². The lowest BCUT2D eigenvalue weighted by Gasteiger charge is -2.15. The largest absolute Gasteiger partial charge is 0.493 e. The van der Waals surface area contributed by atoms with Crippen LogP contribution in [0.3, 0.4) is 0 Å². The van der Waals surface area contributed by atoms with E-state index in [0.717, 1.165) is 0 Å². The predicted molar refractivity (Wildman–Crippen MR) is 93.5 cm³/mol. The average molecular weight is 333 g/mol. The highest BCUT2D eigenvalue weighted by Crippen LogP contribution is 2.30. The summed E-state index contributed by atoms with van der Waals surface area (Å²) in [5.74, 6) is 1.08. The fourth-order valence-electron chi connectivity index (χ4n) is 1.61. The summed E-state index contributed by atoms with van der Waals surface area (Å²) >= 11 is 0. The third-order valence-corrected chi connectivity index (χ3v) is 3.36. The van der Waals surface area contributed by atoms with E-state index in [4.69, 9.17) is 15.2 Å². The first-order chi connectivity index (χ1) is 10.4. The molecule has 2 N–H and O–H groups in total. The Morgan fingerprint density at radius 1 is 1.14 bits per heavy atom. The first-order valence-electron chi connectivity index (χ1n) is 7.61. The Balaban J connectivity index is 0. The highest BCUT2D eigenvalue weighted by Gasteiger charge is 2.15. The molecular formula is C16H31NO4S. The van der Waals surface area contributed by atoms with Gasteiger partial charge in [0.25, 0.3) is 0 Å². The molecule has 5 nitrogen and oxygen atoms in total. The van der Waals surface area contributed by atoms with Crippen LogP contribution in [-0.4, -0.2) is 34.1 Å². The molecule has 0 bridgehead atoms. The van der Waals surface area contributed by atoms with E-state index in [2.05, 4.69) is 0 Å². The molecule has 0 radical (unpaired) electrons. The third kappa shape index (κ3) is 8.89. The van der Waals surface area contributed by atoms with Crippen molar-refractivity contribution in [1.82, 2.24) is 0 Å². The van der Waals surface area contributed by atoms with E-state index in [-0.39, 0.29) is 5.75 Å². The van der Waals surface area contributed by atoms with Crippen molar-refractivity contribution in [3.63, 3.8) is 0 Å². The molecule has 0 saturated heterocycles. The van der Waals surface area contributed by atoms with Gasteiger partial charge in [-0.1, -0.05) is 33.8 Å². The van der Waals surface area contributed by atoms with Gasteiger partial charge in [-0.05, 0) is 24.6 Å². The van der Waals surface area contributed by atoms with Crippen LogP contribution < -0.4 is 15.2 Å². The fraction of sp³-hybridized carbons (Fsp3) is 0.625. The summed E-state index contributed by atoms with van der Waals surface area (Å²) in [5.41, 5.74) is 6.57.